The summed E-state index contributed by atoms with van der Waals surface area (Å²) in [4.78, 5) is 7.05. The van der Waals surface area contributed by atoms with Crippen LogP contribution in [0.2, 0.25) is 0 Å². The van der Waals surface area contributed by atoms with Crippen molar-refractivity contribution in [3.05, 3.63) is 41.9 Å². The van der Waals surface area contributed by atoms with Crippen LogP contribution < -0.4 is 0 Å². The van der Waals surface area contributed by atoms with Crippen LogP contribution >= 0.6 is 0 Å². The van der Waals surface area contributed by atoms with Gasteiger partial charge < -0.3 is 4.98 Å². The Hall–Kier alpha value is -2.08. The predicted octanol–water partition coefficient (Wildman–Crippen LogP) is 4.00. The van der Waals surface area contributed by atoms with Crippen molar-refractivity contribution in [1.29, 1.82) is 5.26 Å². The maximum Gasteiger partial charge on any atom is 0.166 e. The maximum absolute atomic E-state index is 8.99. The molecule has 3 rings (SSSR count). The van der Waals surface area contributed by atoms with E-state index in [1.165, 1.54) is 37.7 Å². The molecule has 3 nitrogen and oxygen atoms in total. The summed E-state index contributed by atoms with van der Waals surface area (Å²) in [6.45, 7) is 0. The fraction of sp³-hybridized carbons (Fsp3) is 0.375. The molecular weight excluding hydrogens is 234 g/mol. The van der Waals surface area contributed by atoms with Crippen molar-refractivity contribution in [2.45, 2.75) is 38.0 Å². The Labute approximate surface area is 113 Å². The molecule has 0 unspecified atom stereocenters. The van der Waals surface area contributed by atoms with Gasteiger partial charge in [-0.3, -0.25) is 0 Å². The topological polar surface area (TPSA) is 52.5 Å². The van der Waals surface area contributed by atoms with E-state index >= 15 is 0 Å². The first kappa shape index (κ1) is 12.0. The smallest absolute Gasteiger partial charge is 0.166 e. The van der Waals surface area contributed by atoms with Crippen molar-refractivity contribution in [1.82, 2.24) is 9.97 Å². The number of imidazole rings is 1. The molecule has 19 heavy (non-hydrogen) atoms. The zero-order chi connectivity index (χ0) is 13.1. The Bertz CT molecular complexity index is 583. The van der Waals surface area contributed by atoms with Crippen LogP contribution in [0.15, 0.2) is 30.6 Å². The third kappa shape index (κ3) is 2.39. The molecule has 1 aromatic carbocycles. The molecule has 0 radical (unpaired) electrons. The van der Waals surface area contributed by atoms with Crippen LogP contribution in [0.3, 0.4) is 0 Å². The third-order valence-electron chi connectivity index (χ3n) is 4.02. The number of rotatable bonds is 2. The lowest BCUT2D eigenvalue weighted by molar-refractivity contribution is 0.443. The number of nitriles is 1. The summed E-state index contributed by atoms with van der Waals surface area (Å²) >= 11 is 0. The molecule has 1 fully saturated rings. The quantitative estimate of drug-likeness (QED) is 0.877. The number of benzene rings is 1. The van der Waals surface area contributed by atoms with Gasteiger partial charge in [0, 0.05) is 5.56 Å². The third-order valence-corrected chi connectivity index (χ3v) is 4.02. The van der Waals surface area contributed by atoms with Gasteiger partial charge in [0.1, 0.15) is 6.07 Å². The summed E-state index contributed by atoms with van der Waals surface area (Å²) in [5, 5.41) is 8.99. The first-order valence-corrected chi connectivity index (χ1v) is 6.92. The minimum Gasteiger partial charge on any atom is -0.343 e. The Morgan fingerprint density at radius 2 is 1.84 bits per heavy atom. The first-order valence-electron chi connectivity index (χ1n) is 6.92. The molecule has 1 aliphatic carbocycles. The van der Waals surface area contributed by atoms with Gasteiger partial charge in [0.05, 0.1) is 12.0 Å². The molecule has 0 aliphatic heterocycles. The van der Waals surface area contributed by atoms with E-state index in [9.17, 15) is 0 Å². The first-order chi connectivity index (χ1) is 9.38. The lowest BCUT2D eigenvalue weighted by Crippen LogP contribution is -2.04. The summed E-state index contributed by atoms with van der Waals surface area (Å²) in [5.41, 5.74) is 3.75. The highest BCUT2D eigenvalue weighted by Gasteiger charge is 2.15. The molecule has 0 spiro atoms. The van der Waals surface area contributed by atoms with Crippen LogP contribution in [0.25, 0.3) is 11.3 Å². The second kappa shape index (κ2) is 5.27. The van der Waals surface area contributed by atoms with E-state index < -0.39 is 0 Å². The van der Waals surface area contributed by atoms with Gasteiger partial charge in [-0.15, -0.1) is 0 Å². The van der Waals surface area contributed by atoms with Gasteiger partial charge in [-0.1, -0.05) is 43.5 Å². The molecule has 1 saturated carbocycles. The summed E-state index contributed by atoms with van der Waals surface area (Å²) in [6, 6.07) is 10.7. The van der Waals surface area contributed by atoms with Gasteiger partial charge in [-0.2, -0.15) is 5.26 Å². The van der Waals surface area contributed by atoms with Crippen LogP contribution in [0.5, 0.6) is 0 Å². The molecule has 3 heteroatoms. The van der Waals surface area contributed by atoms with Crippen molar-refractivity contribution in [2.24, 2.45) is 0 Å². The van der Waals surface area contributed by atoms with E-state index in [0.717, 1.165) is 17.2 Å². The van der Waals surface area contributed by atoms with E-state index in [0.29, 0.717) is 5.69 Å². The fourth-order valence-corrected chi connectivity index (χ4v) is 2.96. The zero-order valence-electron chi connectivity index (χ0n) is 10.9. The lowest BCUT2D eigenvalue weighted by Gasteiger charge is -2.22. The van der Waals surface area contributed by atoms with E-state index in [4.69, 9.17) is 5.26 Å². The molecule has 2 aromatic rings. The number of hydrogen-bond donors (Lipinski definition) is 1. The van der Waals surface area contributed by atoms with Crippen molar-refractivity contribution >= 4 is 0 Å². The Morgan fingerprint density at radius 1 is 1.11 bits per heavy atom. The molecule has 1 N–H and O–H groups in total. The molecule has 0 bridgehead atoms. The van der Waals surface area contributed by atoms with Crippen LogP contribution in [-0.2, 0) is 0 Å². The SMILES string of the molecule is N#Cc1nc[nH]c1-c1ccc(C2CCCCC2)cc1. The molecule has 0 atom stereocenters. The molecule has 1 aliphatic rings. The summed E-state index contributed by atoms with van der Waals surface area (Å²) in [7, 11) is 0. The van der Waals surface area contributed by atoms with Gasteiger partial charge >= 0.3 is 0 Å². The monoisotopic (exact) mass is 251 g/mol. The average Bonchev–Trinajstić information content (AvgIpc) is 2.97. The molecule has 0 saturated heterocycles. The molecule has 1 aromatic heterocycles. The van der Waals surface area contributed by atoms with E-state index in [2.05, 4.69) is 40.3 Å². The van der Waals surface area contributed by atoms with E-state index in [1.54, 1.807) is 6.33 Å². The summed E-state index contributed by atoms with van der Waals surface area (Å²) < 4.78 is 0. The van der Waals surface area contributed by atoms with E-state index in [-0.39, 0.29) is 0 Å². The number of aromatic amines is 1. The fourth-order valence-electron chi connectivity index (χ4n) is 2.96. The number of aromatic nitrogens is 2. The van der Waals surface area contributed by atoms with Crippen LogP contribution in [-0.4, -0.2) is 9.97 Å². The second-order valence-corrected chi connectivity index (χ2v) is 5.19. The molecule has 1 heterocycles. The standard InChI is InChI=1S/C16H17N3/c17-10-15-16(19-11-18-15)14-8-6-13(7-9-14)12-4-2-1-3-5-12/h6-9,11-12H,1-5H2,(H,18,19). The minimum atomic E-state index is 0.463. The highest BCUT2D eigenvalue weighted by Crippen LogP contribution is 2.33. The molecule has 0 amide bonds. The Balaban J connectivity index is 1.85. The second-order valence-electron chi connectivity index (χ2n) is 5.19. The van der Waals surface area contributed by atoms with Crippen LogP contribution in [0, 0.1) is 11.3 Å². The van der Waals surface area contributed by atoms with Crippen molar-refractivity contribution in [3.8, 4) is 17.3 Å². The number of H-pyrrole nitrogens is 1. The number of nitrogens with one attached hydrogen (secondary N) is 1. The Kier molecular flexibility index (Phi) is 3.33. The number of nitrogens with zero attached hydrogens (tertiary/aromatic N) is 2. The number of hydrogen-bond acceptors (Lipinski definition) is 2. The minimum absolute atomic E-state index is 0.463. The highest BCUT2D eigenvalue weighted by molar-refractivity contribution is 5.64. The maximum atomic E-state index is 8.99. The van der Waals surface area contributed by atoms with Gasteiger partial charge in [0.25, 0.3) is 0 Å². The van der Waals surface area contributed by atoms with Crippen molar-refractivity contribution in [2.75, 3.05) is 0 Å². The highest BCUT2D eigenvalue weighted by atomic mass is 14.9. The van der Waals surface area contributed by atoms with E-state index in [1.807, 2.05) is 0 Å². The normalized spacial score (nSPS) is 16.2. The predicted molar refractivity (Wildman–Crippen MR) is 74.6 cm³/mol. The van der Waals surface area contributed by atoms with Gasteiger partial charge in [-0.05, 0) is 24.3 Å². The summed E-state index contributed by atoms with van der Waals surface area (Å²) in [5.74, 6) is 0.722. The lowest BCUT2D eigenvalue weighted by atomic mass is 9.84. The average molecular weight is 251 g/mol. The van der Waals surface area contributed by atoms with Gasteiger partial charge in [-0.25, -0.2) is 4.98 Å². The van der Waals surface area contributed by atoms with Crippen LogP contribution in [0.1, 0.15) is 49.3 Å². The summed E-state index contributed by atoms with van der Waals surface area (Å²) in [6.07, 6.45) is 8.29. The zero-order valence-corrected chi connectivity index (χ0v) is 10.9. The Morgan fingerprint density at radius 3 is 2.53 bits per heavy atom. The molecule has 96 valence electrons. The van der Waals surface area contributed by atoms with Crippen LogP contribution in [0.4, 0.5) is 0 Å². The van der Waals surface area contributed by atoms with Gasteiger partial charge in [0.2, 0.25) is 0 Å². The largest absolute Gasteiger partial charge is 0.343 e. The van der Waals surface area contributed by atoms with Crippen molar-refractivity contribution < 1.29 is 0 Å². The van der Waals surface area contributed by atoms with Crippen molar-refractivity contribution in [3.63, 3.8) is 0 Å². The van der Waals surface area contributed by atoms with Gasteiger partial charge in [0.15, 0.2) is 5.69 Å². The molecular formula is C16H17N3.